The number of nitrogens with zero attached hydrogens (tertiary/aromatic N) is 3. The van der Waals surface area contributed by atoms with Gasteiger partial charge in [-0.15, -0.1) is 11.3 Å². The first-order valence-corrected chi connectivity index (χ1v) is 7.67. The molecule has 2 heterocycles. The third-order valence-corrected chi connectivity index (χ3v) is 4.77. The maximum absolute atomic E-state index is 12.1. The van der Waals surface area contributed by atoms with Crippen molar-refractivity contribution in [2.75, 3.05) is 0 Å². The second-order valence-corrected chi connectivity index (χ2v) is 6.08. The molecule has 0 N–H and O–H groups in total. The van der Waals surface area contributed by atoms with Gasteiger partial charge in [-0.1, -0.05) is 6.92 Å². The van der Waals surface area contributed by atoms with Crippen LogP contribution in [0.25, 0.3) is 0 Å². The fourth-order valence-corrected chi connectivity index (χ4v) is 3.54. The van der Waals surface area contributed by atoms with E-state index >= 15 is 0 Å². The van der Waals surface area contributed by atoms with Crippen molar-refractivity contribution in [2.45, 2.75) is 38.7 Å². The predicted molar refractivity (Wildman–Crippen MR) is 75.8 cm³/mol. The van der Waals surface area contributed by atoms with Gasteiger partial charge in [0.1, 0.15) is 6.10 Å². The summed E-state index contributed by atoms with van der Waals surface area (Å²) in [6, 6.07) is 0. The van der Waals surface area contributed by atoms with Crippen LogP contribution in [0.1, 0.15) is 51.8 Å². The molecule has 0 bridgehead atoms. The van der Waals surface area contributed by atoms with Gasteiger partial charge in [0, 0.05) is 13.2 Å². The van der Waals surface area contributed by atoms with Gasteiger partial charge in [-0.2, -0.15) is 5.10 Å². The van der Waals surface area contributed by atoms with Crippen molar-refractivity contribution in [1.29, 1.82) is 0 Å². The molecule has 0 aromatic carbocycles. The Morgan fingerprint density at radius 3 is 3.15 bits per heavy atom. The topological polar surface area (TPSA) is 57.0 Å². The summed E-state index contributed by atoms with van der Waals surface area (Å²) < 4.78 is 7.26. The van der Waals surface area contributed by atoms with Crippen LogP contribution in [0.4, 0.5) is 0 Å². The molecule has 106 valence electrons. The molecule has 0 amide bonds. The number of esters is 1. The summed E-state index contributed by atoms with van der Waals surface area (Å²) in [6.45, 7) is 2.10. The quantitative estimate of drug-likeness (QED) is 0.816. The second-order valence-electron chi connectivity index (χ2n) is 4.96. The highest BCUT2D eigenvalue weighted by atomic mass is 32.1. The summed E-state index contributed by atoms with van der Waals surface area (Å²) in [5, 5.41) is 5.12. The van der Waals surface area contributed by atoms with Gasteiger partial charge in [-0.05, 0) is 25.7 Å². The molecule has 2 aromatic rings. The molecule has 1 atom stereocenters. The third kappa shape index (κ3) is 2.47. The smallest absolute Gasteiger partial charge is 0.341 e. The molecular formula is C14H17N3O2S. The van der Waals surface area contributed by atoms with Gasteiger partial charge < -0.3 is 4.74 Å². The highest BCUT2D eigenvalue weighted by Crippen LogP contribution is 2.37. The van der Waals surface area contributed by atoms with Gasteiger partial charge in [0.15, 0.2) is 0 Å². The molecule has 1 aliphatic rings. The number of carbonyl (C=O) groups is 1. The number of ether oxygens (including phenoxy) is 1. The molecule has 0 saturated heterocycles. The van der Waals surface area contributed by atoms with Gasteiger partial charge in [-0.3, -0.25) is 4.68 Å². The summed E-state index contributed by atoms with van der Waals surface area (Å²) in [7, 11) is 1.78. The van der Waals surface area contributed by atoms with Crippen molar-refractivity contribution in [3.8, 4) is 0 Å². The van der Waals surface area contributed by atoms with E-state index in [-0.39, 0.29) is 12.1 Å². The number of hydrogen-bond donors (Lipinski definition) is 0. The minimum absolute atomic E-state index is 0.149. The highest BCUT2D eigenvalue weighted by Gasteiger charge is 2.28. The van der Waals surface area contributed by atoms with Crippen molar-refractivity contribution >= 4 is 17.3 Å². The zero-order chi connectivity index (χ0) is 14.1. The Labute approximate surface area is 121 Å². The minimum atomic E-state index is -0.303. The molecule has 6 heteroatoms. The van der Waals surface area contributed by atoms with Crippen molar-refractivity contribution < 1.29 is 9.53 Å². The maximum atomic E-state index is 12.1. The maximum Gasteiger partial charge on any atom is 0.341 e. The number of fused-ring (bicyclic) bond motifs is 1. The lowest BCUT2D eigenvalue weighted by molar-refractivity contribution is 0.0265. The molecule has 5 nitrogen and oxygen atoms in total. The first-order valence-electron chi connectivity index (χ1n) is 6.85. The molecule has 3 rings (SSSR count). The average Bonchev–Trinajstić information content (AvgIpc) is 3.05. The van der Waals surface area contributed by atoms with Gasteiger partial charge in [-0.25, -0.2) is 9.78 Å². The Bertz CT molecular complexity index is 632. The number of aromatic nitrogens is 3. The molecule has 0 aliphatic heterocycles. The molecule has 0 radical (unpaired) electrons. The number of rotatable bonds is 3. The van der Waals surface area contributed by atoms with Crippen LogP contribution in [0.2, 0.25) is 0 Å². The summed E-state index contributed by atoms with van der Waals surface area (Å²) in [5.74, 6) is -0.303. The summed E-state index contributed by atoms with van der Waals surface area (Å²) in [6.07, 6.45) is 6.89. The summed E-state index contributed by atoms with van der Waals surface area (Å²) in [4.78, 5) is 17.9. The van der Waals surface area contributed by atoms with E-state index in [1.165, 1.54) is 6.20 Å². The first kappa shape index (κ1) is 13.3. The normalized spacial score (nSPS) is 17.8. The lowest BCUT2D eigenvalue weighted by Crippen LogP contribution is -2.15. The van der Waals surface area contributed by atoms with Gasteiger partial charge in [0.05, 0.1) is 27.3 Å². The number of carbonyl (C=O) groups excluding carboxylic acids is 1. The minimum Gasteiger partial charge on any atom is -0.453 e. The number of hydrogen-bond acceptors (Lipinski definition) is 5. The van der Waals surface area contributed by atoms with E-state index in [4.69, 9.17) is 4.74 Å². The first-order chi connectivity index (χ1) is 9.67. The molecule has 2 aromatic heterocycles. The molecule has 0 spiro atoms. The van der Waals surface area contributed by atoms with Crippen LogP contribution < -0.4 is 0 Å². The van der Waals surface area contributed by atoms with Crippen molar-refractivity contribution in [1.82, 2.24) is 14.8 Å². The standard InChI is InChI=1S/C14H17N3O2S/c1-3-12-16-10-5-4-6-11(13(10)20-12)19-14(18)9-7-15-17(2)8-9/h7-8,11H,3-6H2,1-2H3/t11-/m1/s1. The van der Waals surface area contributed by atoms with E-state index in [2.05, 4.69) is 17.0 Å². The van der Waals surface area contributed by atoms with Crippen molar-refractivity contribution in [3.05, 3.63) is 33.5 Å². The molecule has 20 heavy (non-hydrogen) atoms. The van der Waals surface area contributed by atoms with Crippen LogP contribution in [0.5, 0.6) is 0 Å². The largest absolute Gasteiger partial charge is 0.453 e. The van der Waals surface area contributed by atoms with Crippen LogP contribution in [-0.4, -0.2) is 20.7 Å². The Morgan fingerprint density at radius 2 is 2.45 bits per heavy atom. The lowest BCUT2D eigenvalue weighted by atomic mass is 10.0. The van der Waals surface area contributed by atoms with Gasteiger partial charge in [0.25, 0.3) is 0 Å². The predicted octanol–water partition coefficient (Wildman–Crippen LogP) is 2.67. The molecule has 1 aliphatic carbocycles. The molecular weight excluding hydrogens is 274 g/mol. The Morgan fingerprint density at radius 1 is 1.60 bits per heavy atom. The van der Waals surface area contributed by atoms with E-state index in [0.29, 0.717) is 5.56 Å². The van der Waals surface area contributed by atoms with E-state index in [1.807, 2.05) is 0 Å². The van der Waals surface area contributed by atoms with Crippen LogP contribution >= 0.6 is 11.3 Å². The van der Waals surface area contributed by atoms with Crippen LogP contribution in [-0.2, 0) is 24.6 Å². The number of thiazole rings is 1. The van der Waals surface area contributed by atoms with E-state index in [9.17, 15) is 4.79 Å². The average molecular weight is 291 g/mol. The van der Waals surface area contributed by atoms with Crippen molar-refractivity contribution in [2.24, 2.45) is 7.05 Å². The van der Waals surface area contributed by atoms with Crippen molar-refractivity contribution in [3.63, 3.8) is 0 Å². The van der Waals surface area contributed by atoms with E-state index in [1.54, 1.807) is 29.3 Å². The van der Waals surface area contributed by atoms with E-state index < -0.39 is 0 Å². The van der Waals surface area contributed by atoms with Crippen LogP contribution in [0.15, 0.2) is 12.4 Å². The molecule has 0 fully saturated rings. The lowest BCUT2D eigenvalue weighted by Gasteiger charge is -2.21. The summed E-state index contributed by atoms with van der Waals surface area (Å²) >= 11 is 1.68. The second kappa shape index (κ2) is 5.36. The SMILES string of the molecule is CCc1nc2c(s1)[C@H](OC(=O)c1cnn(C)c1)CCC2. The molecule has 0 unspecified atom stereocenters. The highest BCUT2D eigenvalue weighted by molar-refractivity contribution is 7.11. The monoisotopic (exact) mass is 291 g/mol. The Kier molecular flexibility index (Phi) is 3.56. The zero-order valence-corrected chi connectivity index (χ0v) is 12.4. The number of aryl methyl sites for hydroxylation is 3. The van der Waals surface area contributed by atoms with Gasteiger partial charge >= 0.3 is 5.97 Å². The zero-order valence-electron chi connectivity index (χ0n) is 11.6. The van der Waals surface area contributed by atoms with Crippen LogP contribution in [0.3, 0.4) is 0 Å². The Hall–Kier alpha value is -1.69. The van der Waals surface area contributed by atoms with E-state index in [0.717, 1.165) is 41.3 Å². The third-order valence-electron chi connectivity index (χ3n) is 3.44. The van der Waals surface area contributed by atoms with Crippen LogP contribution in [0, 0.1) is 0 Å². The fourth-order valence-electron chi connectivity index (χ4n) is 2.42. The Balaban J connectivity index is 1.79. The van der Waals surface area contributed by atoms with Gasteiger partial charge in [0.2, 0.25) is 0 Å². The summed E-state index contributed by atoms with van der Waals surface area (Å²) in [5.41, 5.74) is 1.61. The molecule has 0 saturated carbocycles. The fraction of sp³-hybridized carbons (Fsp3) is 0.500.